The summed E-state index contributed by atoms with van der Waals surface area (Å²) in [4.78, 5) is 14.0. The fourth-order valence-electron chi connectivity index (χ4n) is 0.741. The summed E-state index contributed by atoms with van der Waals surface area (Å²) in [6.07, 6.45) is 1.09. The van der Waals surface area contributed by atoms with E-state index in [1.54, 1.807) is 7.05 Å². The van der Waals surface area contributed by atoms with Gasteiger partial charge < -0.3 is 21.9 Å². The predicted molar refractivity (Wildman–Crippen MR) is 73.1 cm³/mol. The summed E-state index contributed by atoms with van der Waals surface area (Å²) >= 11 is 0. The zero-order chi connectivity index (χ0) is 14.3. The molecule has 0 fully saturated rings. The van der Waals surface area contributed by atoms with Crippen LogP contribution in [-0.4, -0.2) is 36.7 Å². The van der Waals surface area contributed by atoms with E-state index in [4.69, 9.17) is 16.6 Å². The van der Waals surface area contributed by atoms with Gasteiger partial charge in [0.1, 0.15) is 6.04 Å². The molecule has 0 aliphatic carbocycles. The third-order valence-electron chi connectivity index (χ3n) is 1.56. The highest BCUT2D eigenvalue weighted by molar-refractivity contribution is 5.77. The standard InChI is InChI=1S/C7H16N4O2.2C2H6/c1-10-7(9)11-4-2-3-5(8)6(12)13;2*1-2/h5H,2-4,8H2,1H3,(H,12,13)(H3,9,10,11);2*1-2H3/t5-;;/m0../s1. The summed E-state index contributed by atoms with van der Waals surface area (Å²) in [5.41, 5.74) is 10.6. The molecule has 0 saturated heterocycles. The van der Waals surface area contributed by atoms with Crippen molar-refractivity contribution in [3.8, 4) is 0 Å². The van der Waals surface area contributed by atoms with Crippen LogP contribution in [0.4, 0.5) is 0 Å². The van der Waals surface area contributed by atoms with Crippen molar-refractivity contribution in [2.24, 2.45) is 16.5 Å². The number of nitrogens with two attached hydrogens (primary N) is 2. The first-order valence-electron chi connectivity index (χ1n) is 6.02. The molecule has 0 heterocycles. The maximum Gasteiger partial charge on any atom is 0.320 e. The van der Waals surface area contributed by atoms with Crippen LogP contribution in [0.3, 0.4) is 0 Å². The zero-order valence-electron chi connectivity index (χ0n) is 11.7. The van der Waals surface area contributed by atoms with E-state index in [0.717, 1.165) is 0 Å². The van der Waals surface area contributed by atoms with Crippen LogP contribution in [0.1, 0.15) is 40.5 Å². The first-order valence-corrected chi connectivity index (χ1v) is 6.02. The minimum Gasteiger partial charge on any atom is -0.480 e. The summed E-state index contributed by atoms with van der Waals surface area (Å²) in [5, 5.41) is 11.2. The van der Waals surface area contributed by atoms with Crippen LogP contribution in [0.15, 0.2) is 4.99 Å². The van der Waals surface area contributed by atoms with Gasteiger partial charge in [0.05, 0.1) is 0 Å². The summed E-state index contributed by atoms with van der Waals surface area (Å²) < 4.78 is 0. The zero-order valence-corrected chi connectivity index (χ0v) is 11.7. The molecular formula is C11H28N4O2. The van der Waals surface area contributed by atoms with Crippen LogP contribution in [0.2, 0.25) is 0 Å². The minimum absolute atomic E-state index is 0.351. The lowest BCUT2D eigenvalue weighted by molar-refractivity contribution is -0.138. The normalized spacial score (nSPS) is 11.3. The monoisotopic (exact) mass is 248 g/mol. The molecule has 0 amide bonds. The smallest absolute Gasteiger partial charge is 0.320 e. The van der Waals surface area contributed by atoms with Gasteiger partial charge in [-0.05, 0) is 12.8 Å². The second-order valence-electron chi connectivity index (χ2n) is 2.62. The Bertz CT molecular complexity index is 196. The molecule has 0 bridgehead atoms. The first kappa shape index (κ1) is 21.0. The maximum atomic E-state index is 10.3. The highest BCUT2D eigenvalue weighted by atomic mass is 16.4. The van der Waals surface area contributed by atoms with Crippen molar-refractivity contribution in [3.63, 3.8) is 0 Å². The number of nitrogens with zero attached hydrogens (tertiary/aromatic N) is 1. The number of aliphatic carboxylic acids is 1. The Morgan fingerprint density at radius 3 is 2.18 bits per heavy atom. The molecule has 6 heteroatoms. The Kier molecular flexibility index (Phi) is 21.2. The first-order chi connectivity index (χ1) is 8.07. The van der Waals surface area contributed by atoms with Crippen molar-refractivity contribution < 1.29 is 9.90 Å². The minimum atomic E-state index is -0.975. The second kappa shape index (κ2) is 17.1. The van der Waals surface area contributed by atoms with E-state index < -0.39 is 12.0 Å². The van der Waals surface area contributed by atoms with Crippen molar-refractivity contribution in [3.05, 3.63) is 0 Å². The molecule has 17 heavy (non-hydrogen) atoms. The number of hydrogen-bond donors (Lipinski definition) is 4. The van der Waals surface area contributed by atoms with E-state index >= 15 is 0 Å². The Hall–Kier alpha value is -1.30. The van der Waals surface area contributed by atoms with Crippen LogP contribution in [0.25, 0.3) is 0 Å². The summed E-state index contributed by atoms with van der Waals surface area (Å²) in [6, 6.07) is -0.790. The van der Waals surface area contributed by atoms with Gasteiger partial charge in [-0.25, -0.2) is 0 Å². The largest absolute Gasteiger partial charge is 0.480 e. The lowest BCUT2D eigenvalue weighted by Crippen LogP contribution is -2.34. The number of carbonyl (C=O) groups is 1. The van der Waals surface area contributed by atoms with Crippen LogP contribution in [0.5, 0.6) is 0 Å². The van der Waals surface area contributed by atoms with E-state index in [-0.39, 0.29) is 0 Å². The number of rotatable bonds is 5. The molecule has 0 aliphatic rings. The van der Waals surface area contributed by atoms with Gasteiger partial charge in [0.2, 0.25) is 0 Å². The predicted octanol–water partition coefficient (Wildman–Crippen LogP) is 0.765. The molecule has 104 valence electrons. The third-order valence-corrected chi connectivity index (χ3v) is 1.56. The topological polar surface area (TPSA) is 114 Å². The summed E-state index contributed by atoms with van der Waals surface area (Å²) in [5.74, 6) is -0.624. The summed E-state index contributed by atoms with van der Waals surface area (Å²) in [7, 11) is 1.57. The van der Waals surface area contributed by atoms with Crippen molar-refractivity contribution in [2.45, 2.75) is 46.6 Å². The fraction of sp³-hybridized carbons (Fsp3) is 0.818. The number of aliphatic imine (C=N–C) groups is 1. The lowest BCUT2D eigenvalue weighted by atomic mass is 10.2. The van der Waals surface area contributed by atoms with E-state index in [0.29, 0.717) is 25.3 Å². The Morgan fingerprint density at radius 2 is 1.82 bits per heavy atom. The molecular weight excluding hydrogens is 220 g/mol. The number of nitrogens with one attached hydrogen (secondary N) is 1. The fourth-order valence-corrected chi connectivity index (χ4v) is 0.741. The molecule has 0 aromatic heterocycles. The molecule has 0 rings (SSSR count). The van der Waals surface area contributed by atoms with Crippen molar-refractivity contribution in [1.82, 2.24) is 5.32 Å². The van der Waals surface area contributed by atoms with Crippen molar-refractivity contribution >= 4 is 11.9 Å². The van der Waals surface area contributed by atoms with E-state index in [2.05, 4.69) is 10.3 Å². The van der Waals surface area contributed by atoms with Crippen LogP contribution >= 0.6 is 0 Å². The van der Waals surface area contributed by atoms with Crippen LogP contribution in [0, 0.1) is 0 Å². The van der Waals surface area contributed by atoms with E-state index in [1.165, 1.54) is 0 Å². The Morgan fingerprint density at radius 1 is 1.35 bits per heavy atom. The number of carboxylic acid groups (broad SMARTS) is 1. The highest BCUT2D eigenvalue weighted by Crippen LogP contribution is 1.92. The SMILES string of the molecule is CC.CC.CN=C(N)NCCC[C@H](N)C(=O)O. The second-order valence-corrected chi connectivity index (χ2v) is 2.62. The Balaban J connectivity index is -0.000000439. The molecule has 6 N–H and O–H groups in total. The van der Waals surface area contributed by atoms with Gasteiger partial charge in [-0.15, -0.1) is 0 Å². The summed E-state index contributed by atoms with van der Waals surface area (Å²) in [6.45, 7) is 8.59. The van der Waals surface area contributed by atoms with E-state index in [9.17, 15) is 4.79 Å². The van der Waals surface area contributed by atoms with E-state index in [1.807, 2.05) is 27.7 Å². The van der Waals surface area contributed by atoms with Gasteiger partial charge in [-0.1, -0.05) is 27.7 Å². The van der Waals surface area contributed by atoms with Gasteiger partial charge in [-0.2, -0.15) is 0 Å². The molecule has 6 nitrogen and oxygen atoms in total. The molecule has 0 saturated carbocycles. The molecule has 0 aromatic carbocycles. The van der Waals surface area contributed by atoms with Gasteiger partial charge in [-0.3, -0.25) is 9.79 Å². The average Bonchev–Trinajstić information content (AvgIpc) is 2.38. The number of hydrogen-bond acceptors (Lipinski definition) is 3. The molecule has 0 aromatic rings. The van der Waals surface area contributed by atoms with Gasteiger partial charge in [0.25, 0.3) is 0 Å². The van der Waals surface area contributed by atoms with Gasteiger partial charge >= 0.3 is 5.97 Å². The number of carboxylic acids is 1. The molecule has 0 radical (unpaired) electrons. The van der Waals surface area contributed by atoms with Gasteiger partial charge in [0.15, 0.2) is 5.96 Å². The molecule has 0 aliphatic heterocycles. The van der Waals surface area contributed by atoms with Crippen LogP contribution in [-0.2, 0) is 4.79 Å². The average molecular weight is 248 g/mol. The third kappa shape index (κ3) is 17.3. The number of guanidine groups is 1. The van der Waals surface area contributed by atoms with Crippen molar-refractivity contribution in [2.75, 3.05) is 13.6 Å². The highest BCUT2D eigenvalue weighted by Gasteiger charge is 2.09. The van der Waals surface area contributed by atoms with Crippen LogP contribution < -0.4 is 16.8 Å². The molecule has 1 atom stereocenters. The molecule has 0 unspecified atom stereocenters. The molecule has 0 spiro atoms. The van der Waals surface area contributed by atoms with Gasteiger partial charge in [0, 0.05) is 13.6 Å². The quantitative estimate of drug-likeness (QED) is 0.326. The van der Waals surface area contributed by atoms with Crippen molar-refractivity contribution in [1.29, 1.82) is 0 Å². The maximum absolute atomic E-state index is 10.3. The Labute approximate surface area is 104 Å². The lowest BCUT2D eigenvalue weighted by Gasteiger charge is -2.07.